The van der Waals surface area contributed by atoms with Crippen molar-refractivity contribution in [2.24, 2.45) is 5.84 Å². The highest BCUT2D eigenvalue weighted by Gasteiger charge is 2.17. The third-order valence-corrected chi connectivity index (χ3v) is 0.480. The molecule has 0 heterocycles. The van der Waals surface area contributed by atoms with Gasteiger partial charge in [-0.2, -0.15) is 5.84 Å². The summed E-state index contributed by atoms with van der Waals surface area (Å²) in [4.78, 5) is 19.5. The van der Waals surface area contributed by atoms with E-state index >= 15 is 0 Å². The van der Waals surface area contributed by atoms with Crippen molar-refractivity contribution >= 4 is 6.03 Å². The maximum absolute atomic E-state index is 9.95. The number of nitro groups is 1. The van der Waals surface area contributed by atoms with Crippen LogP contribution in [0.2, 0.25) is 0 Å². The predicted molar refractivity (Wildman–Crippen MR) is 23.3 cm³/mol. The van der Waals surface area contributed by atoms with Gasteiger partial charge in [0.1, 0.15) is 0 Å². The molecular formula is CH4N4O4. The Labute approximate surface area is 48.9 Å². The van der Waals surface area contributed by atoms with Gasteiger partial charge in [-0.1, -0.05) is 0 Å². The zero-order valence-corrected chi connectivity index (χ0v) is 4.14. The van der Waals surface area contributed by atoms with Crippen LogP contribution in [0.4, 0.5) is 4.79 Å². The lowest BCUT2D eigenvalue weighted by atomic mass is 11.1. The zero-order chi connectivity index (χ0) is 7.44. The van der Waals surface area contributed by atoms with Crippen molar-refractivity contribution in [2.45, 2.75) is 0 Å². The molecular weight excluding hydrogens is 132 g/mol. The molecule has 0 atom stereocenters. The van der Waals surface area contributed by atoms with Gasteiger partial charge in [0.05, 0.1) is 0 Å². The second-order valence-corrected chi connectivity index (χ2v) is 0.999. The number of rotatable bonds is 1. The second-order valence-electron chi connectivity index (χ2n) is 0.999. The molecule has 0 unspecified atom stereocenters. The lowest BCUT2D eigenvalue weighted by molar-refractivity contribution is -0.635. The lowest BCUT2D eigenvalue weighted by Crippen LogP contribution is -2.47. The van der Waals surface area contributed by atoms with Gasteiger partial charge in [0.15, 0.2) is 5.03 Å². The Hall–Kier alpha value is -1.41. The minimum absolute atomic E-state index is 0.389. The Balaban J connectivity index is 3.88. The van der Waals surface area contributed by atoms with Gasteiger partial charge in [-0.15, -0.1) is 0 Å². The monoisotopic (exact) mass is 136 g/mol. The van der Waals surface area contributed by atoms with Gasteiger partial charge in [-0.25, -0.2) is 20.4 Å². The number of urea groups is 1. The molecule has 0 saturated carbocycles. The van der Waals surface area contributed by atoms with Gasteiger partial charge in [-0.05, 0) is 0 Å². The highest BCUT2D eigenvalue weighted by atomic mass is 16.7. The quantitative estimate of drug-likeness (QED) is 0.132. The van der Waals surface area contributed by atoms with E-state index in [1.54, 1.807) is 0 Å². The standard InChI is InChI=1S/CH4N4O4/c2-4(5(8)9)1(6)3-7/h7H,2H2,(H,3,6). The largest absolute Gasteiger partial charge is 0.418 e. The fourth-order valence-electron chi connectivity index (χ4n) is 0.125. The number of hydrogen-bond acceptors (Lipinski definition) is 5. The van der Waals surface area contributed by atoms with E-state index in [-0.39, 0.29) is 5.12 Å². The molecule has 0 aliphatic rings. The van der Waals surface area contributed by atoms with Gasteiger partial charge >= 0.3 is 6.03 Å². The van der Waals surface area contributed by atoms with Crippen molar-refractivity contribution in [2.75, 3.05) is 0 Å². The molecule has 52 valence electrons. The maximum atomic E-state index is 9.95. The van der Waals surface area contributed by atoms with E-state index in [9.17, 15) is 14.9 Å². The molecule has 8 nitrogen and oxygen atoms in total. The predicted octanol–water partition coefficient (Wildman–Crippen LogP) is -1.55. The molecule has 0 bridgehead atoms. The summed E-state index contributed by atoms with van der Waals surface area (Å²) in [5, 5.41) is 15.7. The van der Waals surface area contributed by atoms with E-state index in [0.717, 1.165) is 5.48 Å². The van der Waals surface area contributed by atoms with Crippen molar-refractivity contribution in [1.29, 1.82) is 0 Å². The number of hydrazine groups is 2. The summed E-state index contributed by atoms with van der Waals surface area (Å²) in [6.45, 7) is 0. The Kier molecular flexibility index (Phi) is 2.35. The van der Waals surface area contributed by atoms with Crippen LogP contribution in [0, 0.1) is 10.1 Å². The number of nitrogens with two attached hydrogens (primary N) is 1. The average molecular weight is 136 g/mol. The number of hydrogen-bond donors (Lipinski definition) is 3. The molecule has 4 N–H and O–H groups in total. The van der Waals surface area contributed by atoms with E-state index in [0.29, 0.717) is 0 Å². The Morgan fingerprint density at radius 2 is 2.33 bits per heavy atom. The highest BCUT2D eigenvalue weighted by molar-refractivity contribution is 5.70. The van der Waals surface area contributed by atoms with Crippen LogP contribution in [0.15, 0.2) is 0 Å². The van der Waals surface area contributed by atoms with E-state index in [4.69, 9.17) is 5.21 Å². The first-order valence-corrected chi connectivity index (χ1v) is 1.72. The highest BCUT2D eigenvalue weighted by Crippen LogP contribution is 1.76. The van der Waals surface area contributed by atoms with Gasteiger partial charge in [0, 0.05) is 5.12 Å². The smallest absolute Gasteiger partial charge is 0.287 e. The molecule has 0 radical (unpaired) electrons. The van der Waals surface area contributed by atoms with Gasteiger partial charge < -0.3 is 0 Å². The number of carbonyl (C=O) groups is 1. The summed E-state index contributed by atoms with van der Waals surface area (Å²) in [6.07, 6.45) is 0. The van der Waals surface area contributed by atoms with Crippen LogP contribution in [-0.4, -0.2) is 21.4 Å². The molecule has 0 spiro atoms. The van der Waals surface area contributed by atoms with Gasteiger partial charge in [-0.3, -0.25) is 5.21 Å². The minimum atomic E-state index is -1.40. The first-order valence-electron chi connectivity index (χ1n) is 1.72. The summed E-state index contributed by atoms with van der Waals surface area (Å²) in [5.41, 5.74) is 0.966. The molecule has 0 aromatic heterocycles. The maximum Gasteiger partial charge on any atom is 0.418 e. The van der Waals surface area contributed by atoms with Crippen molar-refractivity contribution in [1.82, 2.24) is 10.6 Å². The molecule has 9 heavy (non-hydrogen) atoms. The number of hydroxylamine groups is 1. The fraction of sp³-hybridized carbons (Fsp3) is 0. The normalized spacial score (nSPS) is 8.22. The van der Waals surface area contributed by atoms with Crippen LogP contribution in [0.1, 0.15) is 0 Å². The SMILES string of the molecule is NN(C(=O)NO)[N+](=O)[O-]. The van der Waals surface area contributed by atoms with Crippen LogP contribution < -0.4 is 11.3 Å². The van der Waals surface area contributed by atoms with Gasteiger partial charge in [0.2, 0.25) is 0 Å². The summed E-state index contributed by atoms with van der Waals surface area (Å²) >= 11 is 0. The molecule has 0 aromatic rings. The van der Waals surface area contributed by atoms with Crippen LogP contribution in [0.5, 0.6) is 0 Å². The van der Waals surface area contributed by atoms with Crippen molar-refractivity contribution in [3.8, 4) is 0 Å². The first-order chi connectivity index (χ1) is 4.09. The topological polar surface area (TPSA) is 122 Å². The van der Waals surface area contributed by atoms with Crippen LogP contribution in [0.25, 0.3) is 0 Å². The third-order valence-electron chi connectivity index (χ3n) is 0.480. The lowest BCUT2D eigenvalue weighted by Gasteiger charge is -2.01. The van der Waals surface area contributed by atoms with E-state index in [1.807, 2.05) is 0 Å². The molecule has 0 aromatic carbocycles. The van der Waals surface area contributed by atoms with Crippen LogP contribution >= 0.6 is 0 Å². The summed E-state index contributed by atoms with van der Waals surface area (Å²) in [6, 6.07) is -1.40. The molecule has 0 aliphatic heterocycles. The summed E-state index contributed by atoms with van der Waals surface area (Å²) < 4.78 is 0. The molecule has 8 heteroatoms. The van der Waals surface area contributed by atoms with Crippen molar-refractivity contribution in [3.05, 3.63) is 10.1 Å². The molecule has 2 amide bonds. The van der Waals surface area contributed by atoms with E-state index < -0.39 is 11.1 Å². The zero-order valence-electron chi connectivity index (χ0n) is 4.14. The van der Waals surface area contributed by atoms with E-state index in [1.165, 1.54) is 0 Å². The Bertz CT molecular complexity index is 133. The Morgan fingerprint density at radius 1 is 1.89 bits per heavy atom. The third kappa shape index (κ3) is 1.88. The van der Waals surface area contributed by atoms with Crippen LogP contribution in [-0.2, 0) is 0 Å². The average Bonchev–Trinajstić information content (AvgIpc) is 1.84. The van der Waals surface area contributed by atoms with Gasteiger partial charge in [0.25, 0.3) is 0 Å². The summed E-state index contributed by atoms with van der Waals surface area (Å²) in [7, 11) is 0. The number of nitrogens with one attached hydrogen (secondary N) is 1. The first kappa shape index (κ1) is 7.59. The number of nitrogens with zero attached hydrogens (tertiary/aromatic N) is 2. The van der Waals surface area contributed by atoms with Crippen molar-refractivity contribution in [3.63, 3.8) is 0 Å². The Morgan fingerprint density at radius 3 is 2.44 bits per heavy atom. The fourth-order valence-corrected chi connectivity index (χ4v) is 0.125. The number of amides is 2. The molecule has 0 rings (SSSR count). The van der Waals surface area contributed by atoms with Crippen molar-refractivity contribution < 1.29 is 15.0 Å². The van der Waals surface area contributed by atoms with E-state index in [2.05, 4.69) is 5.84 Å². The second kappa shape index (κ2) is 2.79. The summed E-state index contributed by atoms with van der Waals surface area (Å²) in [5.74, 6) is 4.43. The molecule has 0 fully saturated rings. The molecule has 0 saturated heterocycles. The number of carbonyl (C=O) groups excluding carboxylic acids is 1. The molecule has 0 aliphatic carbocycles. The van der Waals surface area contributed by atoms with Crippen LogP contribution in [0.3, 0.4) is 0 Å². The minimum Gasteiger partial charge on any atom is -0.287 e.